The minimum Gasteiger partial charge on any atom is -0.465 e. The van der Waals surface area contributed by atoms with Crippen LogP contribution in [-0.2, 0) is 9.47 Å². The number of methoxy groups -OCH3 is 1. The highest BCUT2D eigenvalue weighted by Crippen LogP contribution is 2.28. The molecule has 1 heterocycles. The van der Waals surface area contributed by atoms with E-state index in [0.717, 1.165) is 10.9 Å². The fourth-order valence-corrected chi connectivity index (χ4v) is 2.35. The maximum absolute atomic E-state index is 11.9. The molecule has 1 amide bonds. The zero-order valence-corrected chi connectivity index (χ0v) is 14.9. The van der Waals surface area contributed by atoms with Gasteiger partial charge in [0.25, 0.3) is 0 Å². The van der Waals surface area contributed by atoms with Crippen LogP contribution in [-0.4, -0.2) is 24.8 Å². The predicted octanol–water partition coefficient (Wildman–Crippen LogP) is 4.11. The van der Waals surface area contributed by atoms with Crippen LogP contribution in [0.15, 0.2) is 22.6 Å². The van der Waals surface area contributed by atoms with E-state index in [-0.39, 0.29) is 0 Å². The number of amides is 1. The second kappa shape index (κ2) is 6.55. The van der Waals surface area contributed by atoms with Crippen molar-refractivity contribution in [3.05, 3.63) is 35.1 Å². The fourth-order valence-electron chi connectivity index (χ4n) is 2.35. The minimum atomic E-state index is -0.577. The Bertz CT molecular complexity index is 770. The lowest BCUT2D eigenvalue weighted by molar-refractivity contribution is 0.0501. The third-order valence-corrected chi connectivity index (χ3v) is 3.34. The molecule has 130 valence electrons. The largest absolute Gasteiger partial charge is 0.465 e. The average molecular weight is 333 g/mol. The number of esters is 1. The average Bonchev–Trinajstić information content (AvgIpc) is 2.87. The molecule has 1 N–H and O–H groups in total. The molecular weight excluding hydrogens is 310 g/mol. The molecule has 2 aromatic rings. The van der Waals surface area contributed by atoms with E-state index in [1.54, 1.807) is 39.8 Å². The normalized spacial score (nSPS) is 12.8. The molecule has 0 radical (unpaired) electrons. The Morgan fingerprint density at radius 3 is 2.46 bits per heavy atom. The van der Waals surface area contributed by atoms with E-state index in [1.165, 1.54) is 7.11 Å². The van der Waals surface area contributed by atoms with Crippen LogP contribution in [0.4, 0.5) is 4.79 Å². The lowest BCUT2D eigenvalue weighted by Gasteiger charge is -2.21. The number of hydrogen-bond acceptors (Lipinski definition) is 5. The number of rotatable bonds is 3. The minimum absolute atomic E-state index is 0.364. The molecule has 0 fully saturated rings. The maximum Gasteiger partial charge on any atom is 0.408 e. The molecule has 0 saturated heterocycles. The van der Waals surface area contributed by atoms with Crippen molar-refractivity contribution >= 4 is 23.0 Å². The molecule has 2 rings (SSSR count). The standard InChI is InChI=1S/C18H23NO5/c1-10-7-12-9-14(11(2)19-17(21)24-18(3,4)5)23-15(12)13(8-10)16(20)22-6/h7-9,11H,1-6H3,(H,19,21). The number of nitrogens with one attached hydrogen (secondary N) is 1. The van der Waals surface area contributed by atoms with Crippen molar-refractivity contribution in [2.75, 3.05) is 7.11 Å². The van der Waals surface area contributed by atoms with Crippen LogP contribution in [0, 0.1) is 6.92 Å². The van der Waals surface area contributed by atoms with Crippen molar-refractivity contribution in [1.82, 2.24) is 5.32 Å². The van der Waals surface area contributed by atoms with E-state index >= 15 is 0 Å². The van der Waals surface area contributed by atoms with E-state index in [4.69, 9.17) is 13.9 Å². The molecule has 1 aromatic heterocycles. The van der Waals surface area contributed by atoms with Crippen molar-refractivity contribution in [1.29, 1.82) is 0 Å². The third kappa shape index (κ3) is 4.07. The molecule has 1 unspecified atom stereocenters. The van der Waals surface area contributed by atoms with E-state index < -0.39 is 23.7 Å². The smallest absolute Gasteiger partial charge is 0.408 e. The first-order chi connectivity index (χ1) is 11.1. The summed E-state index contributed by atoms with van der Waals surface area (Å²) >= 11 is 0. The first kappa shape index (κ1) is 17.8. The van der Waals surface area contributed by atoms with E-state index in [2.05, 4.69) is 5.32 Å². The summed E-state index contributed by atoms with van der Waals surface area (Å²) in [7, 11) is 1.33. The van der Waals surface area contributed by atoms with Crippen LogP contribution in [0.2, 0.25) is 0 Å². The van der Waals surface area contributed by atoms with Crippen LogP contribution < -0.4 is 5.32 Å². The van der Waals surface area contributed by atoms with E-state index in [0.29, 0.717) is 16.9 Å². The lowest BCUT2D eigenvalue weighted by atomic mass is 10.1. The molecule has 24 heavy (non-hydrogen) atoms. The monoisotopic (exact) mass is 333 g/mol. The van der Waals surface area contributed by atoms with Gasteiger partial charge in [-0.2, -0.15) is 0 Å². The number of aryl methyl sites for hydroxylation is 1. The molecule has 6 nitrogen and oxygen atoms in total. The number of benzene rings is 1. The van der Waals surface area contributed by atoms with Crippen molar-refractivity contribution in [3.63, 3.8) is 0 Å². The predicted molar refractivity (Wildman–Crippen MR) is 90.1 cm³/mol. The van der Waals surface area contributed by atoms with Gasteiger partial charge in [0.15, 0.2) is 0 Å². The molecule has 0 spiro atoms. The number of ether oxygens (including phenoxy) is 2. The first-order valence-electron chi connectivity index (χ1n) is 7.72. The van der Waals surface area contributed by atoms with Gasteiger partial charge in [0.05, 0.1) is 13.2 Å². The van der Waals surface area contributed by atoms with Crippen LogP contribution in [0.5, 0.6) is 0 Å². The fraction of sp³-hybridized carbons (Fsp3) is 0.444. The number of fused-ring (bicyclic) bond motifs is 1. The summed E-state index contributed by atoms with van der Waals surface area (Å²) < 4.78 is 15.8. The summed E-state index contributed by atoms with van der Waals surface area (Å²) in [6.07, 6.45) is -0.528. The first-order valence-corrected chi connectivity index (χ1v) is 7.72. The van der Waals surface area contributed by atoms with Gasteiger partial charge >= 0.3 is 12.1 Å². The Morgan fingerprint density at radius 1 is 1.21 bits per heavy atom. The van der Waals surface area contributed by atoms with Crippen LogP contribution >= 0.6 is 0 Å². The van der Waals surface area contributed by atoms with Crippen LogP contribution in [0.25, 0.3) is 11.0 Å². The maximum atomic E-state index is 11.9. The highest BCUT2D eigenvalue weighted by molar-refractivity contribution is 6.02. The lowest BCUT2D eigenvalue weighted by Crippen LogP contribution is -2.33. The summed E-state index contributed by atoms with van der Waals surface area (Å²) in [6, 6.07) is 5.03. The number of carbonyl (C=O) groups is 2. The van der Waals surface area contributed by atoms with Gasteiger partial charge in [-0.1, -0.05) is 0 Å². The number of carbonyl (C=O) groups excluding carboxylic acids is 2. The number of alkyl carbamates (subject to hydrolysis) is 1. The van der Waals surface area contributed by atoms with Crippen molar-refractivity contribution in [3.8, 4) is 0 Å². The zero-order chi connectivity index (χ0) is 18.1. The highest BCUT2D eigenvalue weighted by Gasteiger charge is 2.22. The summed E-state index contributed by atoms with van der Waals surface area (Å²) in [6.45, 7) is 9.06. The summed E-state index contributed by atoms with van der Waals surface area (Å²) in [5.74, 6) is 0.0731. The van der Waals surface area contributed by atoms with Gasteiger partial charge in [-0.15, -0.1) is 0 Å². The highest BCUT2D eigenvalue weighted by atomic mass is 16.6. The van der Waals surface area contributed by atoms with Gasteiger partial charge in [-0.05, 0) is 58.4 Å². The third-order valence-electron chi connectivity index (χ3n) is 3.34. The number of furan rings is 1. The SMILES string of the molecule is COC(=O)c1cc(C)cc2cc(C(C)NC(=O)OC(C)(C)C)oc12. The number of hydrogen-bond donors (Lipinski definition) is 1. The molecular formula is C18H23NO5. The van der Waals surface area contributed by atoms with E-state index in [9.17, 15) is 9.59 Å². The molecule has 0 bridgehead atoms. The molecule has 0 aliphatic rings. The Balaban J connectivity index is 2.30. The van der Waals surface area contributed by atoms with Crippen molar-refractivity contribution < 1.29 is 23.5 Å². The second-order valence-electron chi connectivity index (χ2n) is 6.74. The van der Waals surface area contributed by atoms with Crippen molar-refractivity contribution in [2.45, 2.75) is 46.3 Å². The Labute approximate surface area is 141 Å². The summed E-state index contributed by atoms with van der Waals surface area (Å²) in [5, 5.41) is 3.50. The molecule has 0 saturated carbocycles. The quantitative estimate of drug-likeness (QED) is 0.855. The molecule has 1 atom stereocenters. The molecule has 1 aromatic carbocycles. The Kier molecular flexibility index (Phi) is 4.87. The van der Waals surface area contributed by atoms with Crippen LogP contribution in [0.1, 0.15) is 55.4 Å². The summed E-state index contributed by atoms with van der Waals surface area (Å²) in [5.41, 5.74) is 1.15. The summed E-state index contributed by atoms with van der Waals surface area (Å²) in [4.78, 5) is 23.8. The van der Waals surface area contributed by atoms with Gasteiger partial charge in [0.1, 0.15) is 22.5 Å². The Morgan fingerprint density at radius 2 is 1.88 bits per heavy atom. The van der Waals surface area contributed by atoms with Gasteiger partial charge < -0.3 is 19.2 Å². The second-order valence-corrected chi connectivity index (χ2v) is 6.74. The van der Waals surface area contributed by atoms with Gasteiger partial charge in [-0.25, -0.2) is 9.59 Å². The molecule has 0 aliphatic carbocycles. The molecule has 0 aliphatic heterocycles. The van der Waals surface area contributed by atoms with Crippen LogP contribution in [0.3, 0.4) is 0 Å². The van der Waals surface area contributed by atoms with Gasteiger partial charge in [0.2, 0.25) is 0 Å². The van der Waals surface area contributed by atoms with Crippen molar-refractivity contribution in [2.24, 2.45) is 0 Å². The Hall–Kier alpha value is -2.50. The zero-order valence-electron chi connectivity index (χ0n) is 14.9. The van der Waals surface area contributed by atoms with E-state index in [1.807, 2.05) is 13.0 Å². The van der Waals surface area contributed by atoms with Gasteiger partial charge in [0, 0.05) is 5.39 Å². The van der Waals surface area contributed by atoms with Gasteiger partial charge in [-0.3, -0.25) is 0 Å². The topological polar surface area (TPSA) is 77.8 Å². The molecule has 6 heteroatoms.